The van der Waals surface area contributed by atoms with Crippen molar-refractivity contribution in [3.63, 3.8) is 0 Å². The van der Waals surface area contributed by atoms with Crippen LogP contribution < -0.4 is 15.8 Å². The summed E-state index contributed by atoms with van der Waals surface area (Å²) in [6, 6.07) is 6.09. The molecule has 1 aromatic rings. The van der Waals surface area contributed by atoms with E-state index >= 15 is 0 Å². The Morgan fingerprint density at radius 2 is 2.12 bits per heavy atom. The third kappa shape index (κ3) is 1.78. The number of fused-ring (bicyclic) bond motifs is 2. The van der Waals surface area contributed by atoms with E-state index in [9.17, 15) is 0 Å². The molecule has 0 saturated carbocycles. The molecule has 1 aromatic carbocycles. The summed E-state index contributed by atoms with van der Waals surface area (Å²) in [5, 5.41) is 3.44. The molecule has 0 aliphatic carbocycles. The van der Waals surface area contributed by atoms with Crippen molar-refractivity contribution in [3.8, 4) is 5.75 Å². The zero-order valence-corrected chi connectivity index (χ0v) is 10.3. The van der Waals surface area contributed by atoms with Gasteiger partial charge in [-0.15, -0.1) is 0 Å². The molecule has 0 aromatic heterocycles. The summed E-state index contributed by atoms with van der Waals surface area (Å²) in [6.07, 6.45) is 3.81. The van der Waals surface area contributed by atoms with Crippen molar-refractivity contribution < 1.29 is 4.74 Å². The highest BCUT2D eigenvalue weighted by Crippen LogP contribution is 2.47. The molecule has 1 fully saturated rings. The number of anilines is 1. The SMILES string of the molecule is CC1CC2(CCNCC2)c2cc(N)ccc2O1. The zero-order valence-electron chi connectivity index (χ0n) is 10.3. The molecular weight excluding hydrogens is 212 g/mol. The minimum atomic E-state index is 0.285. The average molecular weight is 232 g/mol. The van der Waals surface area contributed by atoms with E-state index in [-0.39, 0.29) is 5.41 Å². The van der Waals surface area contributed by atoms with E-state index in [1.807, 2.05) is 12.1 Å². The monoisotopic (exact) mass is 232 g/mol. The summed E-state index contributed by atoms with van der Waals surface area (Å²) in [5.74, 6) is 1.04. The second-order valence-electron chi connectivity index (χ2n) is 5.42. The number of nitrogens with two attached hydrogens (primary N) is 1. The van der Waals surface area contributed by atoms with Crippen molar-refractivity contribution in [3.05, 3.63) is 23.8 Å². The number of nitrogen functional groups attached to an aromatic ring is 1. The molecule has 0 amide bonds. The number of hydrogen-bond donors (Lipinski definition) is 2. The van der Waals surface area contributed by atoms with E-state index in [1.54, 1.807) is 0 Å². The molecule has 2 aliphatic heterocycles. The maximum absolute atomic E-state index is 5.94. The van der Waals surface area contributed by atoms with Crippen LogP contribution in [0.2, 0.25) is 0 Å². The van der Waals surface area contributed by atoms with Crippen molar-refractivity contribution in [2.45, 2.75) is 37.7 Å². The number of hydrogen-bond acceptors (Lipinski definition) is 3. The van der Waals surface area contributed by atoms with Gasteiger partial charge in [-0.05, 0) is 57.5 Å². The zero-order chi connectivity index (χ0) is 11.9. The van der Waals surface area contributed by atoms with E-state index in [0.29, 0.717) is 6.10 Å². The average Bonchev–Trinajstić information content (AvgIpc) is 2.31. The number of benzene rings is 1. The molecule has 2 heterocycles. The van der Waals surface area contributed by atoms with Crippen LogP contribution in [-0.4, -0.2) is 19.2 Å². The van der Waals surface area contributed by atoms with Crippen LogP contribution in [0.5, 0.6) is 5.75 Å². The highest BCUT2D eigenvalue weighted by atomic mass is 16.5. The number of nitrogens with one attached hydrogen (secondary N) is 1. The van der Waals surface area contributed by atoms with Gasteiger partial charge in [0.2, 0.25) is 0 Å². The third-order valence-corrected chi connectivity index (χ3v) is 4.14. The van der Waals surface area contributed by atoms with Gasteiger partial charge in [-0.3, -0.25) is 0 Å². The number of piperidine rings is 1. The first-order valence-corrected chi connectivity index (χ1v) is 6.47. The molecule has 3 nitrogen and oxygen atoms in total. The van der Waals surface area contributed by atoms with Gasteiger partial charge < -0.3 is 15.8 Å². The lowest BCUT2D eigenvalue weighted by Crippen LogP contribution is -2.45. The summed E-state index contributed by atoms with van der Waals surface area (Å²) in [6.45, 7) is 4.37. The van der Waals surface area contributed by atoms with Gasteiger partial charge in [0.05, 0.1) is 6.10 Å². The predicted octanol–water partition coefficient (Wildman–Crippen LogP) is 2.06. The number of rotatable bonds is 0. The second kappa shape index (κ2) is 3.91. The van der Waals surface area contributed by atoms with E-state index in [2.05, 4.69) is 18.3 Å². The Hall–Kier alpha value is -1.22. The van der Waals surface area contributed by atoms with E-state index in [4.69, 9.17) is 10.5 Å². The van der Waals surface area contributed by atoms with E-state index in [0.717, 1.165) is 30.9 Å². The molecule has 17 heavy (non-hydrogen) atoms. The molecule has 1 atom stereocenters. The van der Waals surface area contributed by atoms with Crippen LogP contribution >= 0.6 is 0 Å². The Balaban J connectivity index is 2.08. The lowest BCUT2D eigenvalue weighted by molar-refractivity contribution is 0.117. The third-order valence-electron chi connectivity index (χ3n) is 4.14. The first-order valence-electron chi connectivity index (χ1n) is 6.47. The topological polar surface area (TPSA) is 47.3 Å². The minimum Gasteiger partial charge on any atom is -0.490 e. The van der Waals surface area contributed by atoms with Crippen molar-refractivity contribution in [1.29, 1.82) is 0 Å². The van der Waals surface area contributed by atoms with Gasteiger partial charge in [0.25, 0.3) is 0 Å². The Morgan fingerprint density at radius 1 is 1.35 bits per heavy atom. The molecule has 0 radical (unpaired) electrons. The molecule has 0 bridgehead atoms. The Morgan fingerprint density at radius 3 is 2.88 bits per heavy atom. The first-order chi connectivity index (χ1) is 8.20. The lowest BCUT2D eigenvalue weighted by atomic mass is 9.68. The fourth-order valence-electron chi connectivity index (χ4n) is 3.36. The first kappa shape index (κ1) is 10.9. The van der Waals surface area contributed by atoms with Crippen molar-refractivity contribution in [2.24, 2.45) is 0 Å². The van der Waals surface area contributed by atoms with E-state index in [1.165, 1.54) is 18.4 Å². The van der Waals surface area contributed by atoms with Gasteiger partial charge in [0, 0.05) is 16.7 Å². The summed E-state index contributed by atoms with van der Waals surface area (Å²) in [5.41, 5.74) is 8.40. The molecule has 92 valence electrons. The summed E-state index contributed by atoms with van der Waals surface area (Å²) in [4.78, 5) is 0. The van der Waals surface area contributed by atoms with Gasteiger partial charge in [-0.2, -0.15) is 0 Å². The highest BCUT2D eigenvalue weighted by Gasteiger charge is 2.41. The molecule has 3 heteroatoms. The quantitative estimate of drug-likeness (QED) is 0.673. The lowest BCUT2D eigenvalue weighted by Gasteiger charge is -2.44. The smallest absolute Gasteiger partial charge is 0.123 e. The standard InChI is InChI=1S/C14H20N2O/c1-10-9-14(4-6-16-7-5-14)12-8-11(15)2-3-13(12)17-10/h2-3,8,10,16H,4-7,9,15H2,1H3. The predicted molar refractivity (Wildman–Crippen MR) is 69.3 cm³/mol. The van der Waals surface area contributed by atoms with Crippen LogP contribution in [0.4, 0.5) is 5.69 Å². The minimum absolute atomic E-state index is 0.285. The van der Waals surface area contributed by atoms with Crippen molar-refractivity contribution in [2.75, 3.05) is 18.8 Å². The molecule has 3 rings (SSSR count). The van der Waals surface area contributed by atoms with Crippen LogP contribution in [0.1, 0.15) is 31.7 Å². The maximum atomic E-state index is 5.94. The van der Waals surface area contributed by atoms with Gasteiger partial charge in [0.1, 0.15) is 5.75 Å². The molecule has 3 N–H and O–H groups in total. The van der Waals surface area contributed by atoms with Gasteiger partial charge in [-0.1, -0.05) is 0 Å². The van der Waals surface area contributed by atoms with Crippen molar-refractivity contribution >= 4 is 5.69 Å². The van der Waals surface area contributed by atoms with Crippen LogP contribution in [0.15, 0.2) is 18.2 Å². The molecular formula is C14H20N2O. The molecule has 1 unspecified atom stereocenters. The highest BCUT2D eigenvalue weighted by molar-refractivity contribution is 5.52. The largest absolute Gasteiger partial charge is 0.490 e. The van der Waals surface area contributed by atoms with Crippen LogP contribution in [0.25, 0.3) is 0 Å². The van der Waals surface area contributed by atoms with Gasteiger partial charge in [0.15, 0.2) is 0 Å². The van der Waals surface area contributed by atoms with Crippen LogP contribution in [0.3, 0.4) is 0 Å². The van der Waals surface area contributed by atoms with Gasteiger partial charge >= 0.3 is 0 Å². The summed E-state index contributed by atoms with van der Waals surface area (Å²) in [7, 11) is 0. The van der Waals surface area contributed by atoms with E-state index < -0.39 is 0 Å². The van der Waals surface area contributed by atoms with Crippen LogP contribution in [-0.2, 0) is 5.41 Å². The van der Waals surface area contributed by atoms with Gasteiger partial charge in [-0.25, -0.2) is 0 Å². The second-order valence-corrected chi connectivity index (χ2v) is 5.42. The fourth-order valence-corrected chi connectivity index (χ4v) is 3.36. The fraction of sp³-hybridized carbons (Fsp3) is 0.571. The summed E-state index contributed by atoms with van der Waals surface area (Å²) >= 11 is 0. The Kier molecular flexibility index (Phi) is 2.51. The molecule has 2 aliphatic rings. The van der Waals surface area contributed by atoms with Crippen LogP contribution in [0, 0.1) is 0 Å². The molecule has 1 spiro atoms. The Labute approximate surface area is 102 Å². The number of ether oxygens (including phenoxy) is 1. The molecule has 1 saturated heterocycles. The Bertz CT molecular complexity index is 424. The maximum Gasteiger partial charge on any atom is 0.123 e. The van der Waals surface area contributed by atoms with Crippen molar-refractivity contribution in [1.82, 2.24) is 5.32 Å². The summed E-state index contributed by atoms with van der Waals surface area (Å²) < 4.78 is 5.94. The normalized spacial score (nSPS) is 26.3.